The number of hydrogen-bond acceptors (Lipinski definition) is 4. The zero-order valence-electron chi connectivity index (χ0n) is 11.0. The summed E-state index contributed by atoms with van der Waals surface area (Å²) in [6.45, 7) is 4.73. The Labute approximate surface area is 123 Å². The molecule has 0 saturated carbocycles. The van der Waals surface area contributed by atoms with Crippen LogP contribution in [0.15, 0.2) is 16.3 Å². The third-order valence-corrected chi connectivity index (χ3v) is 7.26. The van der Waals surface area contributed by atoms with E-state index in [2.05, 4.69) is 13.8 Å². The molecule has 1 atom stereocenters. The normalized spacial score (nSPS) is 21.1. The van der Waals surface area contributed by atoms with Gasteiger partial charge in [-0.3, -0.25) is 0 Å². The monoisotopic (exact) mass is 318 g/mol. The van der Waals surface area contributed by atoms with Crippen LogP contribution in [0, 0.1) is 5.92 Å². The van der Waals surface area contributed by atoms with Crippen LogP contribution >= 0.6 is 23.6 Å². The molecule has 1 fully saturated rings. The lowest BCUT2D eigenvalue weighted by Gasteiger charge is -2.26. The molecule has 1 unspecified atom stereocenters. The Morgan fingerprint density at radius 3 is 2.74 bits per heavy atom. The van der Waals surface area contributed by atoms with Gasteiger partial charge >= 0.3 is 0 Å². The molecule has 4 nitrogen and oxygen atoms in total. The van der Waals surface area contributed by atoms with E-state index in [9.17, 15) is 8.42 Å². The number of nitrogens with zero attached hydrogens (tertiary/aromatic N) is 1. The number of thiocarbonyl (C=S) groups is 1. The Morgan fingerprint density at radius 2 is 2.21 bits per heavy atom. The minimum absolute atomic E-state index is 0.0976. The Morgan fingerprint density at radius 1 is 1.53 bits per heavy atom. The van der Waals surface area contributed by atoms with Crippen molar-refractivity contribution >= 4 is 38.6 Å². The smallest absolute Gasteiger partial charge is 0.252 e. The van der Waals surface area contributed by atoms with E-state index in [-0.39, 0.29) is 11.0 Å². The predicted octanol–water partition coefficient (Wildman–Crippen LogP) is 2.19. The van der Waals surface area contributed by atoms with Crippen molar-refractivity contribution in [1.29, 1.82) is 0 Å². The van der Waals surface area contributed by atoms with E-state index in [0.29, 0.717) is 21.5 Å². The molecule has 7 heteroatoms. The maximum atomic E-state index is 12.6. The van der Waals surface area contributed by atoms with E-state index < -0.39 is 10.0 Å². The Kier molecular flexibility index (Phi) is 4.29. The molecule has 1 saturated heterocycles. The highest BCUT2D eigenvalue weighted by atomic mass is 32.2. The molecule has 19 heavy (non-hydrogen) atoms. The third kappa shape index (κ3) is 2.84. The summed E-state index contributed by atoms with van der Waals surface area (Å²) in [5, 5.41) is 0. The van der Waals surface area contributed by atoms with Crippen molar-refractivity contribution < 1.29 is 8.42 Å². The van der Waals surface area contributed by atoms with Crippen LogP contribution in [0.5, 0.6) is 0 Å². The molecule has 0 amide bonds. The molecule has 1 aromatic heterocycles. The first kappa shape index (κ1) is 14.9. The van der Waals surface area contributed by atoms with Crippen molar-refractivity contribution in [1.82, 2.24) is 4.31 Å². The second kappa shape index (κ2) is 5.47. The SMILES string of the molecule is CC(C)C1CCCN1S(=O)(=O)c1ccc(C(N)=S)s1. The summed E-state index contributed by atoms with van der Waals surface area (Å²) in [5.74, 6) is 0.326. The Balaban J connectivity index is 2.33. The number of sulfonamides is 1. The van der Waals surface area contributed by atoms with Crippen LogP contribution in [-0.4, -0.2) is 30.3 Å². The first-order valence-electron chi connectivity index (χ1n) is 6.25. The third-order valence-electron chi connectivity index (χ3n) is 3.40. The fraction of sp³-hybridized carbons (Fsp3) is 0.583. The first-order valence-corrected chi connectivity index (χ1v) is 8.92. The van der Waals surface area contributed by atoms with Gasteiger partial charge in [0, 0.05) is 12.6 Å². The van der Waals surface area contributed by atoms with Crippen molar-refractivity contribution in [2.24, 2.45) is 11.7 Å². The van der Waals surface area contributed by atoms with Gasteiger partial charge < -0.3 is 5.73 Å². The molecule has 1 aliphatic rings. The molecule has 2 heterocycles. The standard InChI is InChI=1S/C12H18N2O2S3/c1-8(2)9-4-3-7-14(9)19(15,16)11-6-5-10(18-11)12(13)17/h5-6,8-9H,3-4,7H2,1-2H3,(H2,13,17). The average molecular weight is 318 g/mol. The summed E-state index contributed by atoms with van der Waals surface area (Å²) in [6, 6.07) is 3.38. The lowest BCUT2D eigenvalue weighted by molar-refractivity contribution is 0.316. The van der Waals surface area contributed by atoms with Crippen molar-refractivity contribution in [3.63, 3.8) is 0 Å². The largest absolute Gasteiger partial charge is 0.389 e. The van der Waals surface area contributed by atoms with Crippen LogP contribution in [0.25, 0.3) is 0 Å². The van der Waals surface area contributed by atoms with E-state index >= 15 is 0 Å². The minimum Gasteiger partial charge on any atom is -0.389 e. The Bertz CT molecular complexity index is 578. The maximum Gasteiger partial charge on any atom is 0.252 e. The summed E-state index contributed by atoms with van der Waals surface area (Å²) in [7, 11) is -3.41. The topological polar surface area (TPSA) is 63.4 Å². The lowest BCUT2D eigenvalue weighted by atomic mass is 10.0. The summed E-state index contributed by atoms with van der Waals surface area (Å²) in [5.41, 5.74) is 5.53. The van der Waals surface area contributed by atoms with Crippen LogP contribution in [0.2, 0.25) is 0 Å². The maximum absolute atomic E-state index is 12.6. The molecule has 2 N–H and O–H groups in total. The fourth-order valence-corrected chi connectivity index (χ4v) is 5.74. The van der Waals surface area contributed by atoms with Crippen LogP contribution in [-0.2, 0) is 10.0 Å². The number of nitrogens with two attached hydrogens (primary N) is 1. The molecular weight excluding hydrogens is 300 g/mol. The highest BCUT2D eigenvalue weighted by molar-refractivity contribution is 7.91. The second-order valence-corrected chi connectivity index (χ2v) is 8.69. The van der Waals surface area contributed by atoms with Crippen molar-refractivity contribution in [3.8, 4) is 0 Å². The summed E-state index contributed by atoms with van der Waals surface area (Å²) in [6.07, 6.45) is 1.86. The van der Waals surface area contributed by atoms with Gasteiger partial charge in [-0.2, -0.15) is 4.31 Å². The molecule has 0 radical (unpaired) electrons. The van der Waals surface area contributed by atoms with Crippen molar-refractivity contribution in [2.45, 2.75) is 36.9 Å². The van der Waals surface area contributed by atoms with Crippen molar-refractivity contribution in [3.05, 3.63) is 17.0 Å². The molecule has 0 aromatic carbocycles. The Hall–Kier alpha value is -0.500. The molecule has 2 rings (SSSR count). The second-order valence-electron chi connectivity index (χ2n) is 5.05. The quantitative estimate of drug-likeness (QED) is 0.864. The van der Waals surface area contributed by atoms with E-state index in [0.717, 1.165) is 24.2 Å². The van der Waals surface area contributed by atoms with Crippen LogP contribution in [0.4, 0.5) is 0 Å². The fourth-order valence-electron chi connectivity index (χ4n) is 2.44. The van der Waals surface area contributed by atoms with Gasteiger partial charge in [-0.25, -0.2) is 8.42 Å². The van der Waals surface area contributed by atoms with Gasteiger partial charge in [-0.1, -0.05) is 26.1 Å². The van der Waals surface area contributed by atoms with Gasteiger partial charge in [0.15, 0.2) is 0 Å². The van der Waals surface area contributed by atoms with Crippen LogP contribution in [0.1, 0.15) is 31.6 Å². The van der Waals surface area contributed by atoms with Gasteiger partial charge in [-0.05, 0) is 30.9 Å². The average Bonchev–Trinajstić information content (AvgIpc) is 2.98. The highest BCUT2D eigenvalue weighted by Crippen LogP contribution is 2.32. The van der Waals surface area contributed by atoms with Gasteiger partial charge in [0.25, 0.3) is 10.0 Å². The van der Waals surface area contributed by atoms with Crippen LogP contribution in [0.3, 0.4) is 0 Å². The molecule has 106 valence electrons. The van der Waals surface area contributed by atoms with Gasteiger partial charge in [0.05, 0.1) is 4.88 Å². The van der Waals surface area contributed by atoms with E-state index in [4.69, 9.17) is 18.0 Å². The number of rotatable bonds is 4. The van der Waals surface area contributed by atoms with Gasteiger partial charge in [-0.15, -0.1) is 11.3 Å². The number of hydrogen-bond donors (Lipinski definition) is 1. The molecular formula is C12H18N2O2S3. The first-order chi connectivity index (χ1) is 8.84. The lowest BCUT2D eigenvalue weighted by Crippen LogP contribution is -2.38. The van der Waals surface area contributed by atoms with Gasteiger partial charge in [0.2, 0.25) is 0 Å². The molecule has 0 spiro atoms. The molecule has 1 aliphatic heterocycles. The number of thiophene rings is 1. The van der Waals surface area contributed by atoms with E-state index in [1.807, 2.05) is 0 Å². The molecule has 0 aliphatic carbocycles. The van der Waals surface area contributed by atoms with E-state index in [1.165, 1.54) is 0 Å². The van der Waals surface area contributed by atoms with Gasteiger partial charge in [0.1, 0.15) is 9.20 Å². The van der Waals surface area contributed by atoms with Crippen molar-refractivity contribution in [2.75, 3.05) is 6.54 Å². The summed E-state index contributed by atoms with van der Waals surface area (Å²) >= 11 is 6.03. The zero-order chi connectivity index (χ0) is 14.2. The summed E-state index contributed by atoms with van der Waals surface area (Å²) < 4.78 is 27.2. The predicted molar refractivity (Wildman–Crippen MR) is 82.0 cm³/mol. The highest BCUT2D eigenvalue weighted by Gasteiger charge is 2.37. The van der Waals surface area contributed by atoms with E-state index in [1.54, 1.807) is 16.4 Å². The zero-order valence-corrected chi connectivity index (χ0v) is 13.4. The minimum atomic E-state index is -3.41. The summed E-state index contributed by atoms with van der Waals surface area (Å²) in [4.78, 5) is 0.891. The van der Waals surface area contributed by atoms with Crippen LogP contribution < -0.4 is 5.73 Å². The molecule has 0 bridgehead atoms. The molecule has 1 aromatic rings.